The van der Waals surface area contributed by atoms with Crippen LogP contribution in [0.4, 0.5) is 0 Å². The van der Waals surface area contributed by atoms with Crippen molar-refractivity contribution in [1.29, 1.82) is 0 Å². The van der Waals surface area contributed by atoms with Crippen molar-refractivity contribution in [2.45, 2.75) is 45.7 Å². The van der Waals surface area contributed by atoms with Gasteiger partial charge >= 0.3 is 0 Å². The van der Waals surface area contributed by atoms with Crippen LogP contribution >= 0.6 is 15.9 Å². The van der Waals surface area contributed by atoms with Gasteiger partial charge in [0.05, 0.1) is 11.6 Å². The highest BCUT2D eigenvalue weighted by atomic mass is 79.9. The molecular formula is C15H23BrN2O. The fourth-order valence-corrected chi connectivity index (χ4v) is 2.22. The zero-order valence-electron chi connectivity index (χ0n) is 12.0. The molecule has 1 atom stereocenters. The predicted molar refractivity (Wildman–Crippen MR) is 82.7 cm³/mol. The molecule has 1 aromatic carbocycles. The van der Waals surface area contributed by atoms with Crippen LogP contribution in [0.2, 0.25) is 0 Å². The number of rotatable bonds is 5. The third-order valence-electron chi connectivity index (χ3n) is 3.06. The SMILES string of the molecule is CC(C)CC(N)C(=O)NC(C)(C)c1ccc(Br)cc1. The molecule has 0 aliphatic heterocycles. The monoisotopic (exact) mass is 326 g/mol. The van der Waals surface area contributed by atoms with Gasteiger partial charge in [-0.05, 0) is 43.9 Å². The smallest absolute Gasteiger partial charge is 0.237 e. The lowest BCUT2D eigenvalue weighted by Gasteiger charge is -2.29. The fraction of sp³-hybridized carbons (Fsp3) is 0.533. The van der Waals surface area contributed by atoms with Crippen LogP contribution in [0.3, 0.4) is 0 Å². The molecule has 0 aromatic heterocycles. The summed E-state index contributed by atoms with van der Waals surface area (Å²) in [7, 11) is 0. The van der Waals surface area contributed by atoms with Crippen LogP contribution < -0.4 is 11.1 Å². The standard InChI is InChI=1S/C15H23BrN2O/c1-10(2)9-13(17)14(19)18-15(3,4)11-5-7-12(16)8-6-11/h5-8,10,13H,9,17H2,1-4H3,(H,18,19). The number of amides is 1. The first-order chi connectivity index (χ1) is 8.72. The van der Waals surface area contributed by atoms with Crippen LogP contribution in [0.5, 0.6) is 0 Å². The molecule has 3 nitrogen and oxygen atoms in total. The summed E-state index contributed by atoms with van der Waals surface area (Å²) in [6, 6.07) is 7.49. The van der Waals surface area contributed by atoms with E-state index in [0.717, 1.165) is 10.0 Å². The second-order valence-electron chi connectivity index (χ2n) is 5.86. The van der Waals surface area contributed by atoms with Crippen molar-refractivity contribution in [3.8, 4) is 0 Å². The van der Waals surface area contributed by atoms with E-state index in [0.29, 0.717) is 12.3 Å². The van der Waals surface area contributed by atoms with E-state index in [4.69, 9.17) is 5.73 Å². The Bertz CT molecular complexity index is 426. The normalized spacial score (nSPS) is 13.4. The van der Waals surface area contributed by atoms with Gasteiger partial charge in [0.1, 0.15) is 0 Å². The van der Waals surface area contributed by atoms with E-state index in [1.54, 1.807) is 0 Å². The van der Waals surface area contributed by atoms with E-state index in [9.17, 15) is 4.79 Å². The molecule has 1 aromatic rings. The third-order valence-corrected chi connectivity index (χ3v) is 3.59. The molecule has 0 bridgehead atoms. The Morgan fingerprint density at radius 3 is 2.32 bits per heavy atom. The molecule has 4 heteroatoms. The molecule has 0 saturated carbocycles. The van der Waals surface area contributed by atoms with Crippen molar-refractivity contribution in [2.75, 3.05) is 0 Å². The highest BCUT2D eigenvalue weighted by molar-refractivity contribution is 9.10. The summed E-state index contributed by atoms with van der Waals surface area (Å²) in [5.74, 6) is 0.318. The zero-order chi connectivity index (χ0) is 14.6. The van der Waals surface area contributed by atoms with E-state index in [2.05, 4.69) is 35.1 Å². The number of hydrogen-bond donors (Lipinski definition) is 2. The van der Waals surface area contributed by atoms with Crippen molar-refractivity contribution in [3.63, 3.8) is 0 Å². The Morgan fingerprint density at radius 2 is 1.84 bits per heavy atom. The first-order valence-electron chi connectivity index (χ1n) is 6.56. The largest absolute Gasteiger partial charge is 0.346 e. The van der Waals surface area contributed by atoms with Crippen molar-refractivity contribution < 1.29 is 4.79 Å². The van der Waals surface area contributed by atoms with Gasteiger partial charge in [0.15, 0.2) is 0 Å². The Labute approximate surface area is 124 Å². The molecule has 1 amide bonds. The summed E-state index contributed by atoms with van der Waals surface area (Å²) in [5.41, 5.74) is 6.54. The number of nitrogens with one attached hydrogen (secondary N) is 1. The first kappa shape index (κ1) is 16.2. The maximum Gasteiger partial charge on any atom is 0.237 e. The summed E-state index contributed by atoms with van der Waals surface area (Å²) in [6.45, 7) is 8.09. The van der Waals surface area contributed by atoms with Gasteiger partial charge < -0.3 is 11.1 Å². The molecule has 0 aliphatic rings. The van der Waals surface area contributed by atoms with Crippen LogP contribution in [-0.2, 0) is 10.3 Å². The number of nitrogens with two attached hydrogens (primary N) is 1. The Kier molecular flexibility index (Phi) is 5.56. The lowest BCUT2D eigenvalue weighted by molar-refractivity contribution is -0.124. The van der Waals surface area contributed by atoms with Gasteiger partial charge in [-0.15, -0.1) is 0 Å². The van der Waals surface area contributed by atoms with Gasteiger partial charge in [-0.2, -0.15) is 0 Å². The van der Waals surface area contributed by atoms with Crippen LogP contribution in [0.15, 0.2) is 28.7 Å². The average Bonchev–Trinajstić information content (AvgIpc) is 2.27. The molecule has 3 N–H and O–H groups in total. The van der Waals surface area contributed by atoms with Crippen LogP contribution in [0, 0.1) is 5.92 Å². The zero-order valence-corrected chi connectivity index (χ0v) is 13.6. The number of halogens is 1. The molecule has 0 fully saturated rings. The van der Waals surface area contributed by atoms with Crippen molar-refractivity contribution >= 4 is 21.8 Å². The van der Waals surface area contributed by atoms with E-state index in [1.807, 2.05) is 38.1 Å². The highest BCUT2D eigenvalue weighted by Crippen LogP contribution is 2.22. The van der Waals surface area contributed by atoms with Crippen LogP contribution in [0.25, 0.3) is 0 Å². The number of carbonyl (C=O) groups excluding carboxylic acids is 1. The van der Waals surface area contributed by atoms with E-state index < -0.39 is 11.6 Å². The Hall–Kier alpha value is -0.870. The number of hydrogen-bond acceptors (Lipinski definition) is 2. The van der Waals surface area contributed by atoms with Crippen molar-refractivity contribution in [2.24, 2.45) is 11.7 Å². The molecule has 0 aliphatic carbocycles. The Balaban J connectivity index is 2.73. The summed E-state index contributed by atoms with van der Waals surface area (Å²) >= 11 is 3.41. The van der Waals surface area contributed by atoms with E-state index in [-0.39, 0.29) is 5.91 Å². The Morgan fingerprint density at radius 1 is 1.32 bits per heavy atom. The number of benzene rings is 1. The third kappa shape index (κ3) is 4.96. The van der Waals surface area contributed by atoms with Crippen molar-refractivity contribution in [3.05, 3.63) is 34.3 Å². The minimum atomic E-state index is -0.449. The minimum Gasteiger partial charge on any atom is -0.346 e. The summed E-state index contributed by atoms with van der Waals surface area (Å²) in [6.07, 6.45) is 0.697. The molecule has 19 heavy (non-hydrogen) atoms. The summed E-state index contributed by atoms with van der Waals surface area (Å²) in [5, 5.41) is 3.02. The molecule has 0 heterocycles. The van der Waals surface area contributed by atoms with Gasteiger partial charge in [0.25, 0.3) is 0 Å². The van der Waals surface area contributed by atoms with E-state index in [1.165, 1.54) is 0 Å². The summed E-state index contributed by atoms with van der Waals surface area (Å²) < 4.78 is 1.02. The quantitative estimate of drug-likeness (QED) is 0.873. The molecule has 1 rings (SSSR count). The average molecular weight is 327 g/mol. The van der Waals surface area contributed by atoms with Crippen LogP contribution in [0.1, 0.15) is 39.7 Å². The highest BCUT2D eigenvalue weighted by Gasteiger charge is 2.25. The second kappa shape index (κ2) is 6.53. The van der Waals surface area contributed by atoms with Crippen LogP contribution in [-0.4, -0.2) is 11.9 Å². The fourth-order valence-electron chi connectivity index (χ4n) is 1.95. The lowest BCUT2D eigenvalue weighted by atomic mass is 9.93. The van der Waals surface area contributed by atoms with Gasteiger partial charge in [0, 0.05) is 4.47 Å². The maximum atomic E-state index is 12.1. The van der Waals surface area contributed by atoms with Gasteiger partial charge in [-0.25, -0.2) is 0 Å². The van der Waals surface area contributed by atoms with E-state index >= 15 is 0 Å². The second-order valence-corrected chi connectivity index (χ2v) is 6.77. The lowest BCUT2D eigenvalue weighted by Crippen LogP contribution is -2.49. The first-order valence-corrected chi connectivity index (χ1v) is 7.35. The maximum absolute atomic E-state index is 12.1. The van der Waals surface area contributed by atoms with Gasteiger partial charge in [-0.3, -0.25) is 4.79 Å². The molecule has 1 unspecified atom stereocenters. The topological polar surface area (TPSA) is 55.1 Å². The minimum absolute atomic E-state index is 0.0957. The predicted octanol–water partition coefficient (Wildman–Crippen LogP) is 3.17. The molecule has 106 valence electrons. The molecule has 0 spiro atoms. The number of carbonyl (C=O) groups is 1. The molecule has 0 radical (unpaired) electrons. The molecular weight excluding hydrogens is 304 g/mol. The van der Waals surface area contributed by atoms with Gasteiger partial charge in [-0.1, -0.05) is 41.9 Å². The van der Waals surface area contributed by atoms with Crippen molar-refractivity contribution in [1.82, 2.24) is 5.32 Å². The van der Waals surface area contributed by atoms with Gasteiger partial charge in [0.2, 0.25) is 5.91 Å². The summed E-state index contributed by atoms with van der Waals surface area (Å²) in [4.78, 5) is 12.1. The molecule has 0 saturated heterocycles.